The lowest BCUT2D eigenvalue weighted by Gasteiger charge is -2.34. The topological polar surface area (TPSA) is 132 Å². The van der Waals surface area contributed by atoms with Gasteiger partial charge in [-0.25, -0.2) is 13.8 Å². The number of nitrogens with one attached hydrogen (secondary N) is 4. The van der Waals surface area contributed by atoms with Crippen LogP contribution >= 0.6 is 0 Å². The molecule has 2 saturated heterocycles. The SMILES string of the molecule is CN1CCN(c2ccc(C(=O)NC(=N)c3ccc(Nc4ccc(F)cc4F)nc3N)c(NC3CCOCC3)c2)CC1. The number of carbonyl (C=O) groups is 1. The molecule has 2 aliphatic rings. The fraction of sp³-hybridized carbons (Fsp3) is 0.345. The number of likely N-dealkylation sites (N-methyl/N-ethyl adjacent to an activating group) is 1. The van der Waals surface area contributed by atoms with Crippen molar-refractivity contribution in [1.82, 2.24) is 15.2 Å². The minimum atomic E-state index is -0.779. The van der Waals surface area contributed by atoms with Gasteiger partial charge in [-0.1, -0.05) is 0 Å². The summed E-state index contributed by atoms with van der Waals surface area (Å²) in [5.74, 6) is -1.98. The number of hydrogen-bond donors (Lipinski definition) is 5. The van der Waals surface area contributed by atoms with E-state index in [0.717, 1.165) is 56.8 Å². The summed E-state index contributed by atoms with van der Waals surface area (Å²) in [7, 11) is 2.11. The van der Waals surface area contributed by atoms with Crippen molar-refractivity contribution in [2.45, 2.75) is 18.9 Å². The second-order valence-corrected chi connectivity index (χ2v) is 10.3. The molecule has 1 aromatic heterocycles. The van der Waals surface area contributed by atoms with Crippen molar-refractivity contribution in [2.24, 2.45) is 0 Å². The van der Waals surface area contributed by atoms with Gasteiger partial charge in [0.25, 0.3) is 5.91 Å². The molecule has 10 nitrogen and oxygen atoms in total. The minimum Gasteiger partial charge on any atom is -0.383 e. The highest BCUT2D eigenvalue weighted by atomic mass is 19.1. The van der Waals surface area contributed by atoms with Gasteiger partial charge in [0.15, 0.2) is 0 Å². The Labute approximate surface area is 237 Å². The maximum Gasteiger partial charge on any atom is 0.258 e. The number of halogens is 2. The third kappa shape index (κ3) is 6.90. The number of rotatable bonds is 7. The van der Waals surface area contributed by atoms with Crippen LogP contribution in [0.3, 0.4) is 0 Å². The first-order valence-electron chi connectivity index (χ1n) is 13.6. The number of carbonyl (C=O) groups excluding carboxylic acids is 1. The predicted molar refractivity (Wildman–Crippen MR) is 156 cm³/mol. The molecule has 41 heavy (non-hydrogen) atoms. The van der Waals surface area contributed by atoms with Crippen molar-refractivity contribution in [1.29, 1.82) is 5.41 Å². The first kappa shape index (κ1) is 28.2. The lowest BCUT2D eigenvalue weighted by atomic mass is 10.1. The number of nitrogens with two attached hydrogens (primary N) is 1. The van der Waals surface area contributed by atoms with Crippen molar-refractivity contribution in [3.05, 3.63) is 71.3 Å². The highest BCUT2D eigenvalue weighted by Gasteiger charge is 2.22. The molecular weight excluding hydrogens is 530 g/mol. The summed E-state index contributed by atoms with van der Waals surface area (Å²) in [5.41, 5.74) is 8.47. The van der Waals surface area contributed by atoms with E-state index in [0.29, 0.717) is 24.5 Å². The lowest BCUT2D eigenvalue weighted by Crippen LogP contribution is -2.44. The molecule has 0 aliphatic carbocycles. The average molecular weight is 565 g/mol. The number of amides is 1. The van der Waals surface area contributed by atoms with E-state index in [1.807, 2.05) is 12.1 Å². The van der Waals surface area contributed by atoms with Gasteiger partial charge in [0.1, 0.15) is 29.1 Å². The Kier molecular flexibility index (Phi) is 8.60. The molecular formula is C29H34F2N8O2. The zero-order valence-electron chi connectivity index (χ0n) is 22.8. The molecule has 0 radical (unpaired) electrons. The standard InChI is InChI=1S/C29H34F2N8O2/c1-38-10-12-39(13-11-38)20-3-4-21(25(17-20)34-19-8-14-41-15-9-19)29(40)37-28(33)22-5-7-26(36-27(22)32)35-24-6-2-18(30)16-23(24)31/h2-7,16-17,19,34H,8-15H2,1H3,(H3,32,35,36)(H2,33,37,40). The molecule has 0 spiro atoms. The highest BCUT2D eigenvalue weighted by Crippen LogP contribution is 2.28. The van der Waals surface area contributed by atoms with Crippen LogP contribution < -0.4 is 26.6 Å². The Morgan fingerprint density at radius 1 is 1.00 bits per heavy atom. The molecule has 2 aliphatic heterocycles. The fourth-order valence-electron chi connectivity index (χ4n) is 4.91. The monoisotopic (exact) mass is 564 g/mol. The van der Waals surface area contributed by atoms with Gasteiger partial charge in [-0.3, -0.25) is 10.2 Å². The van der Waals surface area contributed by atoms with E-state index < -0.39 is 17.5 Å². The Morgan fingerprint density at radius 2 is 1.73 bits per heavy atom. The first-order valence-corrected chi connectivity index (χ1v) is 13.6. The van der Waals surface area contributed by atoms with E-state index >= 15 is 0 Å². The van der Waals surface area contributed by atoms with Crippen molar-refractivity contribution in [2.75, 3.05) is 67.7 Å². The lowest BCUT2D eigenvalue weighted by molar-refractivity contribution is 0.0904. The number of anilines is 5. The van der Waals surface area contributed by atoms with Crippen molar-refractivity contribution in [3.63, 3.8) is 0 Å². The van der Waals surface area contributed by atoms with E-state index in [2.05, 4.69) is 37.8 Å². The summed E-state index contributed by atoms with van der Waals surface area (Å²) < 4.78 is 32.7. The smallest absolute Gasteiger partial charge is 0.258 e. The van der Waals surface area contributed by atoms with E-state index in [1.54, 1.807) is 6.07 Å². The van der Waals surface area contributed by atoms with Crippen LogP contribution in [0.1, 0.15) is 28.8 Å². The normalized spacial score (nSPS) is 16.3. The summed E-state index contributed by atoms with van der Waals surface area (Å²) in [4.78, 5) is 22.2. The molecule has 5 rings (SSSR count). The van der Waals surface area contributed by atoms with Crippen LogP contribution in [0.2, 0.25) is 0 Å². The van der Waals surface area contributed by atoms with Crippen LogP contribution in [0.4, 0.5) is 37.5 Å². The average Bonchev–Trinajstić information content (AvgIpc) is 2.95. The zero-order chi connectivity index (χ0) is 28.9. The maximum absolute atomic E-state index is 14.0. The number of amidine groups is 1. The van der Waals surface area contributed by atoms with E-state index in [9.17, 15) is 13.6 Å². The number of nitrogen functional groups attached to an aromatic ring is 1. The van der Waals surface area contributed by atoms with Gasteiger partial charge in [-0.05, 0) is 62.4 Å². The molecule has 6 N–H and O–H groups in total. The Balaban J connectivity index is 1.32. The van der Waals surface area contributed by atoms with Crippen LogP contribution in [0.25, 0.3) is 0 Å². The van der Waals surface area contributed by atoms with Gasteiger partial charge < -0.3 is 36.2 Å². The third-order valence-electron chi connectivity index (χ3n) is 7.32. The Bertz CT molecular complexity index is 1420. The number of benzene rings is 2. The van der Waals surface area contributed by atoms with Crippen molar-refractivity contribution >= 4 is 40.4 Å². The highest BCUT2D eigenvalue weighted by molar-refractivity contribution is 6.14. The molecule has 0 bridgehead atoms. The number of nitrogens with zero attached hydrogens (tertiary/aromatic N) is 3. The number of hydrogen-bond acceptors (Lipinski definition) is 9. The largest absolute Gasteiger partial charge is 0.383 e. The van der Waals surface area contributed by atoms with Crippen molar-refractivity contribution in [3.8, 4) is 0 Å². The molecule has 0 atom stereocenters. The van der Waals surface area contributed by atoms with Crippen LogP contribution in [0, 0.1) is 17.0 Å². The number of ether oxygens (including phenoxy) is 1. The molecule has 1 amide bonds. The Morgan fingerprint density at radius 3 is 2.44 bits per heavy atom. The van der Waals surface area contributed by atoms with Gasteiger partial charge in [0.2, 0.25) is 0 Å². The van der Waals surface area contributed by atoms with Crippen LogP contribution in [0.15, 0.2) is 48.5 Å². The fourth-order valence-corrected chi connectivity index (χ4v) is 4.91. The number of piperazine rings is 1. The van der Waals surface area contributed by atoms with Crippen molar-refractivity contribution < 1.29 is 18.3 Å². The quantitative estimate of drug-likeness (QED) is 0.216. The van der Waals surface area contributed by atoms with E-state index in [4.69, 9.17) is 15.9 Å². The maximum atomic E-state index is 14.0. The predicted octanol–water partition coefficient (Wildman–Crippen LogP) is 3.78. The van der Waals surface area contributed by atoms with Crippen LogP contribution in [-0.4, -0.2) is 74.1 Å². The van der Waals surface area contributed by atoms with Crippen LogP contribution in [-0.2, 0) is 4.74 Å². The summed E-state index contributed by atoms with van der Waals surface area (Å²) in [6.45, 7) is 5.04. The molecule has 216 valence electrons. The molecule has 3 heterocycles. The summed E-state index contributed by atoms with van der Waals surface area (Å²) in [5, 5.41) is 17.4. The van der Waals surface area contributed by atoms with E-state index in [-0.39, 0.29) is 34.8 Å². The molecule has 12 heteroatoms. The van der Waals surface area contributed by atoms with Gasteiger partial charge in [0, 0.05) is 62.9 Å². The first-order chi connectivity index (χ1) is 19.8. The third-order valence-corrected chi connectivity index (χ3v) is 7.32. The summed E-state index contributed by atoms with van der Waals surface area (Å²) in [6, 6.07) is 12.0. The molecule has 2 aromatic carbocycles. The molecule has 0 saturated carbocycles. The van der Waals surface area contributed by atoms with E-state index in [1.165, 1.54) is 18.2 Å². The molecule has 2 fully saturated rings. The number of pyridine rings is 1. The minimum absolute atomic E-state index is 0.0269. The Hall–Kier alpha value is -4.29. The second kappa shape index (κ2) is 12.5. The van der Waals surface area contributed by atoms with Gasteiger partial charge in [-0.2, -0.15) is 0 Å². The summed E-state index contributed by atoms with van der Waals surface area (Å²) in [6.07, 6.45) is 1.67. The van der Waals surface area contributed by atoms with Gasteiger partial charge in [0.05, 0.1) is 16.8 Å². The number of aromatic nitrogens is 1. The second-order valence-electron chi connectivity index (χ2n) is 10.3. The molecule has 0 unspecified atom stereocenters. The zero-order valence-corrected chi connectivity index (χ0v) is 22.8. The summed E-state index contributed by atoms with van der Waals surface area (Å²) >= 11 is 0. The molecule has 3 aromatic rings. The van der Waals surface area contributed by atoms with Gasteiger partial charge >= 0.3 is 0 Å². The van der Waals surface area contributed by atoms with Crippen LogP contribution in [0.5, 0.6) is 0 Å². The van der Waals surface area contributed by atoms with Gasteiger partial charge in [-0.15, -0.1) is 0 Å².